The highest BCUT2D eigenvalue weighted by Crippen LogP contribution is 2.46. The normalized spacial score (nSPS) is 16.9. The van der Waals surface area contributed by atoms with E-state index in [0.29, 0.717) is 43.4 Å². The zero-order chi connectivity index (χ0) is 25.7. The first-order valence-corrected chi connectivity index (χ1v) is 12.5. The Balaban J connectivity index is 1.33. The van der Waals surface area contributed by atoms with E-state index in [2.05, 4.69) is 15.2 Å². The zero-order valence-electron chi connectivity index (χ0n) is 21.6. The summed E-state index contributed by atoms with van der Waals surface area (Å²) in [5.41, 5.74) is 2.75. The molecule has 36 heavy (non-hydrogen) atoms. The van der Waals surface area contributed by atoms with Crippen LogP contribution < -0.4 is 15.0 Å². The zero-order valence-corrected chi connectivity index (χ0v) is 21.6. The predicted molar refractivity (Wildman–Crippen MR) is 138 cm³/mol. The van der Waals surface area contributed by atoms with E-state index < -0.39 is 5.60 Å². The Labute approximate surface area is 211 Å². The molecule has 1 aliphatic heterocycles. The number of piperazine rings is 1. The number of ether oxygens (including phenoxy) is 2. The number of benzene rings is 1. The highest BCUT2D eigenvalue weighted by molar-refractivity contribution is 5.72. The Morgan fingerprint density at radius 3 is 2.61 bits per heavy atom. The highest BCUT2D eigenvalue weighted by Gasteiger charge is 2.54. The van der Waals surface area contributed by atoms with Crippen molar-refractivity contribution in [1.82, 2.24) is 14.3 Å². The first-order chi connectivity index (χ1) is 17.1. The van der Waals surface area contributed by atoms with Crippen LogP contribution in [0.1, 0.15) is 46.2 Å². The van der Waals surface area contributed by atoms with E-state index in [-0.39, 0.29) is 17.4 Å². The minimum atomic E-state index is -0.528. The van der Waals surface area contributed by atoms with E-state index in [1.54, 1.807) is 12.1 Å². The van der Waals surface area contributed by atoms with Crippen LogP contribution in [0.25, 0.3) is 5.65 Å². The van der Waals surface area contributed by atoms with Crippen molar-refractivity contribution < 1.29 is 18.7 Å². The first-order valence-electron chi connectivity index (χ1n) is 12.5. The van der Waals surface area contributed by atoms with Gasteiger partial charge in [0.1, 0.15) is 22.8 Å². The monoisotopic (exact) mass is 495 g/mol. The molecular weight excluding hydrogens is 461 g/mol. The van der Waals surface area contributed by atoms with Gasteiger partial charge in [0.05, 0.1) is 29.2 Å². The van der Waals surface area contributed by atoms with E-state index in [4.69, 9.17) is 9.47 Å². The molecule has 8 nitrogen and oxygen atoms in total. The van der Waals surface area contributed by atoms with Gasteiger partial charge in [-0.05, 0) is 65.7 Å². The number of halogens is 1. The molecule has 3 heterocycles. The molecule has 5 rings (SSSR count). The third-order valence-electron chi connectivity index (χ3n) is 6.65. The number of rotatable bonds is 5. The molecule has 1 saturated heterocycles. The van der Waals surface area contributed by atoms with Gasteiger partial charge in [0.25, 0.3) is 0 Å². The molecule has 1 aromatic carbocycles. The molecule has 0 bridgehead atoms. The second-order valence-electron chi connectivity index (χ2n) is 10.7. The minimum Gasteiger partial charge on any atom is -0.491 e. The summed E-state index contributed by atoms with van der Waals surface area (Å²) in [4.78, 5) is 21.2. The molecule has 1 spiro atoms. The van der Waals surface area contributed by atoms with Crippen LogP contribution in [0.5, 0.6) is 5.75 Å². The Morgan fingerprint density at radius 2 is 1.94 bits per heavy atom. The average molecular weight is 496 g/mol. The number of carbonyl (C=O) groups is 1. The third kappa shape index (κ3) is 4.79. The Morgan fingerprint density at radius 1 is 1.17 bits per heavy atom. The van der Waals surface area contributed by atoms with Gasteiger partial charge < -0.3 is 24.1 Å². The molecular formula is C27H34FN5O3. The van der Waals surface area contributed by atoms with Crippen molar-refractivity contribution in [3.63, 3.8) is 0 Å². The third-order valence-corrected chi connectivity index (χ3v) is 6.65. The Kier molecular flexibility index (Phi) is 5.97. The number of anilines is 3. The first kappa shape index (κ1) is 24.2. The lowest BCUT2D eigenvalue weighted by Crippen LogP contribution is -2.58. The molecule has 1 N–H and O–H groups in total. The number of aryl methyl sites for hydroxylation is 1. The summed E-state index contributed by atoms with van der Waals surface area (Å²) < 4.78 is 28.6. The lowest BCUT2D eigenvalue weighted by atomic mass is 10.1. The lowest BCUT2D eigenvalue weighted by Gasteiger charge is -2.43. The van der Waals surface area contributed by atoms with Crippen LogP contribution in [0.2, 0.25) is 0 Å². The molecule has 1 amide bonds. The maximum Gasteiger partial charge on any atom is 0.410 e. The van der Waals surface area contributed by atoms with E-state index in [9.17, 15) is 4.79 Å². The fourth-order valence-corrected chi connectivity index (χ4v) is 4.83. The van der Waals surface area contributed by atoms with Gasteiger partial charge >= 0.3 is 6.09 Å². The van der Waals surface area contributed by atoms with E-state index in [1.165, 1.54) is 0 Å². The van der Waals surface area contributed by atoms with Gasteiger partial charge in [0, 0.05) is 43.8 Å². The van der Waals surface area contributed by atoms with Crippen LogP contribution in [0, 0.1) is 12.7 Å². The molecule has 1 saturated carbocycles. The van der Waals surface area contributed by atoms with Crippen LogP contribution in [0.3, 0.4) is 0 Å². The smallest absolute Gasteiger partial charge is 0.410 e. The number of carbonyl (C=O) groups excluding carboxylic acids is 1. The summed E-state index contributed by atoms with van der Waals surface area (Å²) in [5.74, 6) is 0.268. The highest BCUT2D eigenvalue weighted by atomic mass is 19.1. The number of imidazole rings is 1. The number of aromatic nitrogens is 2. The van der Waals surface area contributed by atoms with Crippen molar-refractivity contribution in [3.05, 3.63) is 48.2 Å². The van der Waals surface area contributed by atoms with Gasteiger partial charge in [-0.3, -0.25) is 4.90 Å². The van der Waals surface area contributed by atoms with Crippen LogP contribution in [-0.2, 0) is 4.74 Å². The molecule has 0 atom stereocenters. The van der Waals surface area contributed by atoms with Gasteiger partial charge in [-0.25, -0.2) is 14.2 Å². The van der Waals surface area contributed by atoms with Crippen molar-refractivity contribution in [2.75, 3.05) is 36.5 Å². The van der Waals surface area contributed by atoms with Crippen LogP contribution >= 0.6 is 0 Å². The molecule has 2 aliphatic rings. The maximum atomic E-state index is 15.3. The van der Waals surface area contributed by atoms with Gasteiger partial charge in [-0.15, -0.1) is 0 Å². The summed E-state index contributed by atoms with van der Waals surface area (Å²) >= 11 is 0. The molecule has 2 aromatic heterocycles. The number of hydrogen-bond donors (Lipinski definition) is 1. The van der Waals surface area contributed by atoms with Crippen molar-refractivity contribution in [2.45, 2.75) is 58.6 Å². The van der Waals surface area contributed by atoms with Gasteiger partial charge in [0.15, 0.2) is 0 Å². The van der Waals surface area contributed by atoms with Gasteiger partial charge in [-0.2, -0.15) is 0 Å². The summed E-state index contributed by atoms with van der Waals surface area (Å²) in [6, 6.07) is 7.08. The second-order valence-corrected chi connectivity index (χ2v) is 10.7. The predicted octanol–water partition coefficient (Wildman–Crippen LogP) is 5.51. The quantitative estimate of drug-likeness (QED) is 0.503. The number of fused-ring (bicyclic) bond motifs is 1. The Hall–Kier alpha value is -3.49. The lowest BCUT2D eigenvalue weighted by molar-refractivity contribution is 0.0106. The van der Waals surface area contributed by atoms with Crippen LogP contribution in [0.4, 0.5) is 26.2 Å². The second kappa shape index (κ2) is 8.87. The molecule has 0 radical (unpaired) electrons. The minimum absolute atomic E-state index is 0.223. The maximum absolute atomic E-state index is 15.3. The van der Waals surface area contributed by atoms with Crippen LogP contribution in [-0.4, -0.2) is 57.8 Å². The van der Waals surface area contributed by atoms with Crippen molar-refractivity contribution >= 4 is 28.8 Å². The number of nitrogens with zero attached hydrogens (tertiary/aromatic N) is 4. The SMILES string of the molecule is CCOc1cc2nc(C)cn2cc1Nc1ccc(N2CCN(C(=O)OC(C)(C)C)C3(CC3)C2)cc1F. The molecule has 1 aliphatic carbocycles. The standard InChI is InChI=1S/C27H34FN5O3/c1-6-35-23-14-24-29-18(2)15-32(24)16-22(23)30-21-8-7-19(13-20(21)28)31-11-12-33(27(17-31)9-10-27)25(34)36-26(3,4)5/h7-8,13-16,30H,6,9-12,17H2,1-5H3. The number of pyridine rings is 1. The molecule has 0 unspecified atom stereocenters. The van der Waals surface area contributed by atoms with Gasteiger partial charge in [-0.1, -0.05) is 0 Å². The molecule has 9 heteroatoms. The summed E-state index contributed by atoms with van der Waals surface area (Å²) in [6.45, 7) is 11.8. The van der Waals surface area contributed by atoms with E-state index in [0.717, 1.165) is 29.9 Å². The molecule has 3 aromatic rings. The largest absolute Gasteiger partial charge is 0.491 e. The van der Waals surface area contributed by atoms with Gasteiger partial charge in [0.2, 0.25) is 0 Å². The van der Waals surface area contributed by atoms with Crippen LogP contribution in [0.15, 0.2) is 36.7 Å². The number of nitrogens with one attached hydrogen (secondary N) is 1. The Bertz CT molecular complexity index is 1290. The van der Waals surface area contributed by atoms with Crippen molar-refractivity contribution in [3.8, 4) is 5.75 Å². The summed E-state index contributed by atoms with van der Waals surface area (Å²) in [6.07, 6.45) is 5.38. The van der Waals surface area contributed by atoms with Crippen molar-refractivity contribution in [1.29, 1.82) is 0 Å². The van der Waals surface area contributed by atoms with E-state index in [1.807, 2.05) is 68.4 Å². The number of amides is 1. The average Bonchev–Trinajstić information content (AvgIpc) is 3.45. The van der Waals surface area contributed by atoms with E-state index >= 15 is 4.39 Å². The fourth-order valence-electron chi connectivity index (χ4n) is 4.83. The molecule has 192 valence electrons. The summed E-state index contributed by atoms with van der Waals surface area (Å²) in [7, 11) is 0. The summed E-state index contributed by atoms with van der Waals surface area (Å²) in [5, 5.41) is 3.19. The topological polar surface area (TPSA) is 71.3 Å². The molecule has 2 fully saturated rings. The number of hydrogen-bond acceptors (Lipinski definition) is 6. The fraction of sp³-hybridized carbons (Fsp3) is 0.481. The van der Waals surface area contributed by atoms with Crippen molar-refractivity contribution in [2.24, 2.45) is 0 Å².